The first-order valence-electron chi connectivity index (χ1n) is 19.5. The van der Waals surface area contributed by atoms with Crippen molar-refractivity contribution >= 4 is 35.5 Å². The molecule has 0 aromatic carbocycles. The number of nitrogens with one attached hydrogen (secondary N) is 3. The molecule has 2 saturated heterocycles. The maximum atomic E-state index is 13.7. The van der Waals surface area contributed by atoms with E-state index >= 15 is 0 Å². The van der Waals surface area contributed by atoms with Gasteiger partial charge in [0.1, 0.15) is 0 Å². The van der Waals surface area contributed by atoms with E-state index in [1.165, 1.54) is 11.1 Å². The smallest absolute Gasteiger partial charge is 0.315 e. The SMILES string of the molecule is C/C1=C/CC/C(C)=C/CC2(C)C(=O)C(O)=C(C(C)COC(=O)CCCCCNC(=O)CCCCC3SCC4NC(=O)NC43)C2C/C=C(\C)C(O)CC1. The number of rotatable bonds is 14. The normalized spacial score (nSPS) is 32.0. The van der Waals surface area contributed by atoms with Crippen LogP contribution in [0.25, 0.3) is 0 Å². The monoisotopic (exact) mass is 741 g/mol. The van der Waals surface area contributed by atoms with E-state index in [4.69, 9.17) is 4.74 Å². The zero-order chi connectivity index (χ0) is 37.8. The molecular formula is C41H63N3O7S. The summed E-state index contributed by atoms with van der Waals surface area (Å²) in [5, 5.41) is 31.4. The second kappa shape index (κ2) is 19.9. The highest BCUT2D eigenvalue weighted by molar-refractivity contribution is 8.00. The number of hydrogen-bond donors (Lipinski definition) is 5. The summed E-state index contributed by atoms with van der Waals surface area (Å²) in [7, 11) is 0. The van der Waals surface area contributed by atoms with Crippen molar-refractivity contribution in [3.05, 3.63) is 46.3 Å². The number of aliphatic hydroxyl groups is 2. The topological polar surface area (TPSA) is 154 Å². The fourth-order valence-corrected chi connectivity index (χ4v) is 9.52. The Kier molecular flexibility index (Phi) is 15.9. The van der Waals surface area contributed by atoms with Crippen LogP contribution < -0.4 is 16.0 Å². The second-order valence-electron chi connectivity index (χ2n) is 15.8. The summed E-state index contributed by atoms with van der Waals surface area (Å²) in [5.74, 6) is -0.437. The van der Waals surface area contributed by atoms with Crippen LogP contribution >= 0.6 is 11.8 Å². The number of hydrogen-bond acceptors (Lipinski definition) is 8. The predicted octanol–water partition coefficient (Wildman–Crippen LogP) is 7.14. The van der Waals surface area contributed by atoms with Crippen molar-refractivity contribution in [3.63, 3.8) is 0 Å². The lowest BCUT2D eigenvalue weighted by molar-refractivity contribution is -0.144. The molecule has 4 aliphatic rings. The van der Waals surface area contributed by atoms with Crippen molar-refractivity contribution < 1.29 is 34.1 Å². The molecule has 10 nitrogen and oxygen atoms in total. The molecule has 4 rings (SSSR count). The first-order chi connectivity index (χ1) is 24.8. The molecule has 0 bridgehead atoms. The fraction of sp³-hybridized carbons (Fsp3) is 0.707. The summed E-state index contributed by atoms with van der Waals surface area (Å²) in [5.41, 5.74) is 3.13. The van der Waals surface area contributed by atoms with Gasteiger partial charge in [0.2, 0.25) is 11.7 Å². The lowest BCUT2D eigenvalue weighted by Gasteiger charge is -2.32. The van der Waals surface area contributed by atoms with Crippen LogP contribution in [-0.2, 0) is 19.1 Å². The van der Waals surface area contributed by atoms with Gasteiger partial charge in [0.15, 0.2) is 5.76 Å². The highest BCUT2D eigenvalue weighted by Crippen LogP contribution is 2.51. The van der Waals surface area contributed by atoms with Crippen molar-refractivity contribution in [3.8, 4) is 0 Å². The van der Waals surface area contributed by atoms with E-state index in [2.05, 4.69) is 41.9 Å². The van der Waals surface area contributed by atoms with Crippen LogP contribution in [-0.4, -0.2) is 76.2 Å². The number of ketones is 1. The molecular weight excluding hydrogens is 679 g/mol. The zero-order valence-electron chi connectivity index (χ0n) is 32.1. The molecule has 2 aliphatic carbocycles. The highest BCUT2D eigenvalue weighted by Gasteiger charge is 2.51. The van der Waals surface area contributed by atoms with Gasteiger partial charge >= 0.3 is 12.0 Å². The molecule has 0 radical (unpaired) electrons. The second-order valence-corrected chi connectivity index (χ2v) is 17.1. The van der Waals surface area contributed by atoms with Crippen LogP contribution in [0.15, 0.2) is 46.3 Å². The van der Waals surface area contributed by atoms with E-state index in [0.29, 0.717) is 49.5 Å². The summed E-state index contributed by atoms with van der Waals surface area (Å²) in [6.45, 7) is 10.6. The van der Waals surface area contributed by atoms with Gasteiger partial charge in [0, 0.05) is 47.6 Å². The molecule has 7 atom stereocenters. The van der Waals surface area contributed by atoms with Gasteiger partial charge in [-0.1, -0.05) is 56.1 Å². The number of ether oxygens (including phenoxy) is 1. The number of fused-ring (bicyclic) bond motifs is 2. The number of carbonyl (C=O) groups excluding carboxylic acids is 4. The van der Waals surface area contributed by atoms with Gasteiger partial charge in [-0.05, 0) is 96.1 Å². The van der Waals surface area contributed by atoms with E-state index in [1.54, 1.807) is 0 Å². The molecule has 52 heavy (non-hydrogen) atoms. The molecule has 3 amide bonds. The van der Waals surface area contributed by atoms with E-state index in [0.717, 1.165) is 62.7 Å². The Bertz CT molecular complexity index is 1420. The third-order valence-electron chi connectivity index (χ3n) is 11.6. The van der Waals surface area contributed by atoms with Crippen molar-refractivity contribution in [1.82, 2.24) is 16.0 Å². The molecule has 2 heterocycles. The third kappa shape index (κ3) is 11.5. The summed E-state index contributed by atoms with van der Waals surface area (Å²) >= 11 is 1.89. The lowest BCUT2D eigenvalue weighted by Crippen LogP contribution is -2.36. The molecule has 0 spiro atoms. The summed E-state index contributed by atoms with van der Waals surface area (Å²) in [6, 6.07) is 0.350. The van der Waals surface area contributed by atoms with E-state index in [9.17, 15) is 29.4 Å². The quantitative estimate of drug-likeness (QED) is 0.0545. The van der Waals surface area contributed by atoms with Gasteiger partial charge in [-0.3, -0.25) is 14.4 Å². The van der Waals surface area contributed by atoms with Gasteiger partial charge < -0.3 is 30.9 Å². The maximum absolute atomic E-state index is 13.7. The zero-order valence-corrected chi connectivity index (χ0v) is 32.9. The average Bonchev–Trinajstić information content (AvgIpc) is 3.72. The molecule has 0 saturated carbocycles. The number of urea groups is 1. The third-order valence-corrected chi connectivity index (χ3v) is 13.1. The van der Waals surface area contributed by atoms with E-state index in [1.807, 2.05) is 38.6 Å². The molecule has 290 valence electrons. The van der Waals surface area contributed by atoms with Crippen LogP contribution in [0.1, 0.15) is 125 Å². The standard InChI is InChI=1S/C41H63N3O7S/c1-26-12-11-13-27(2)21-22-41(5)30(19-18-28(3)32(45)20-17-26)36(38(48)39(41)49)29(4)24-51-35(47)16-7-6-10-23-42-34(46)15-9-8-14-33-37-31(25-52-33)43-40(50)44-37/h12,18,21,29-33,37,45,48H,6-11,13-17,19-20,22-25H2,1-5H3,(H,42,46)(H2,43,44,50)/b26-12-,27-21+,28-18+. The number of unbranched alkanes of at least 4 members (excludes halogenated alkanes) is 3. The summed E-state index contributed by atoms with van der Waals surface area (Å²) in [6.07, 6.45) is 15.8. The predicted molar refractivity (Wildman–Crippen MR) is 207 cm³/mol. The first-order valence-corrected chi connectivity index (χ1v) is 20.6. The van der Waals surface area contributed by atoms with Gasteiger partial charge in [-0.25, -0.2) is 4.79 Å². The maximum Gasteiger partial charge on any atom is 0.315 e. The largest absolute Gasteiger partial charge is 0.504 e. The number of allylic oxidation sites excluding steroid dienone is 6. The molecule has 11 heteroatoms. The molecule has 5 N–H and O–H groups in total. The average molecular weight is 742 g/mol. The Morgan fingerprint density at radius 1 is 1.02 bits per heavy atom. The van der Waals surface area contributed by atoms with Crippen molar-refractivity contribution in [2.75, 3.05) is 18.9 Å². The van der Waals surface area contributed by atoms with Crippen molar-refractivity contribution in [1.29, 1.82) is 0 Å². The van der Waals surface area contributed by atoms with Crippen LogP contribution in [0, 0.1) is 17.3 Å². The van der Waals surface area contributed by atoms with E-state index < -0.39 is 11.5 Å². The van der Waals surface area contributed by atoms with Crippen molar-refractivity contribution in [2.24, 2.45) is 17.3 Å². The number of carbonyl (C=O) groups is 4. The Morgan fingerprint density at radius 3 is 2.56 bits per heavy atom. The Labute approximate surface area is 315 Å². The number of aliphatic hydroxyl groups excluding tert-OH is 2. The molecule has 2 aliphatic heterocycles. The first kappa shape index (κ1) is 41.7. The van der Waals surface area contributed by atoms with Crippen LogP contribution in [0.3, 0.4) is 0 Å². The fourth-order valence-electron chi connectivity index (χ4n) is 7.98. The summed E-state index contributed by atoms with van der Waals surface area (Å²) < 4.78 is 5.66. The number of thioether (sulfide) groups is 1. The number of esters is 1. The lowest BCUT2D eigenvalue weighted by atomic mass is 9.70. The van der Waals surface area contributed by atoms with Gasteiger partial charge in [-0.15, -0.1) is 0 Å². The molecule has 7 unspecified atom stereocenters. The number of amides is 3. The Hall–Kier alpha value is -3.05. The van der Waals surface area contributed by atoms with Crippen LogP contribution in [0.5, 0.6) is 0 Å². The minimum absolute atomic E-state index is 0.0449. The Morgan fingerprint density at radius 2 is 1.77 bits per heavy atom. The van der Waals surface area contributed by atoms with E-state index in [-0.39, 0.29) is 66.4 Å². The Balaban J connectivity index is 1.18. The van der Waals surface area contributed by atoms with Crippen LogP contribution in [0.2, 0.25) is 0 Å². The molecule has 0 aromatic heterocycles. The van der Waals surface area contributed by atoms with Gasteiger partial charge in [0.25, 0.3) is 0 Å². The van der Waals surface area contributed by atoms with Gasteiger partial charge in [0.05, 0.1) is 24.8 Å². The molecule has 2 fully saturated rings. The minimum atomic E-state index is -0.839. The number of Topliss-reactive ketones (excluding diaryl/α,β-unsaturated/α-hetero) is 1. The minimum Gasteiger partial charge on any atom is -0.504 e. The molecule has 0 aromatic rings. The van der Waals surface area contributed by atoms with Crippen molar-refractivity contribution in [2.45, 2.75) is 148 Å². The highest BCUT2D eigenvalue weighted by atomic mass is 32.2. The summed E-state index contributed by atoms with van der Waals surface area (Å²) in [4.78, 5) is 50.2. The van der Waals surface area contributed by atoms with Crippen LogP contribution in [0.4, 0.5) is 4.79 Å². The van der Waals surface area contributed by atoms with Gasteiger partial charge in [-0.2, -0.15) is 11.8 Å².